The molecule has 0 saturated heterocycles. The van der Waals surface area contributed by atoms with Gasteiger partial charge < -0.3 is 29.5 Å². The zero-order chi connectivity index (χ0) is 33.1. The van der Waals surface area contributed by atoms with E-state index in [1.807, 2.05) is 0 Å². The van der Waals surface area contributed by atoms with Gasteiger partial charge in [-0.2, -0.15) is 18.6 Å². The molecular formula is C27H18K4N4O12S2. The van der Waals surface area contributed by atoms with Crippen molar-refractivity contribution in [1.29, 1.82) is 0 Å². The SMILES string of the molecule is O=C([O-])C1=NN(Cc2ccccc2S(=O)(=O)O)C(=O)\C1=C/C=C/C=C/c1c(C(=O)[O-])nn(Cc2ccccc2S(=O)(=O)[O-])c1[O-].[K+].[K+].[K+].[K+]. The Bertz CT molecular complexity index is 2080. The summed E-state index contributed by atoms with van der Waals surface area (Å²) in [6.45, 7) is -1.06. The van der Waals surface area contributed by atoms with Crippen molar-refractivity contribution in [2.45, 2.75) is 22.9 Å². The molecule has 0 aliphatic carbocycles. The average Bonchev–Trinajstić information content (AvgIpc) is 3.44. The Hall–Kier alpha value is 1.12. The van der Waals surface area contributed by atoms with E-state index in [9.17, 15) is 55.6 Å². The normalized spacial score (nSPS) is 13.8. The topological polar surface area (TPSA) is 265 Å². The fourth-order valence-electron chi connectivity index (χ4n) is 4.19. The van der Waals surface area contributed by atoms with Crippen LogP contribution in [0.2, 0.25) is 0 Å². The van der Waals surface area contributed by atoms with Gasteiger partial charge in [0.05, 0.1) is 40.4 Å². The fraction of sp³-hybridized carbons (Fsp3) is 0.0741. The van der Waals surface area contributed by atoms with Crippen molar-refractivity contribution in [2.75, 3.05) is 0 Å². The second-order valence-electron chi connectivity index (χ2n) is 9.08. The number of hydrogen-bond donors (Lipinski definition) is 1. The first-order chi connectivity index (χ1) is 21.1. The van der Waals surface area contributed by atoms with E-state index < -0.39 is 89.4 Å². The number of rotatable bonds is 11. The van der Waals surface area contributed by atoms with Crippen molar-refractivity contribution in [2.24, 2.45) is 5.10 Å². The van der Waals surface area contributed by atoms with Crippen molar-refractivity contribution in [3.63, 3.8) is 0 Å². The molecule has 0 atom stereocenters. The number of hydrogen-bond acceptors (Lipinski definition) is 13. The summed E-state index contributed by atoms with van der Waals surface area (Å²) in [7, 11) is -9.58. The maximum Gasteiger partial charge on any atom is 1.00 e. The Labute approximate surface area is 450 Å². The molecule has 4 rings (SSSR count). The van der Waals surface area contributed by atoms with Crippen LogP contribution in [0.25, 0.3) is 6.08 Å². The molecule has 1 aliphatic rings. The second-order valence-corrected chi connectivity index (χ2v) is 11.8. The zero-order valence-corrected chi connectivity index (χ0v) is 40.6. The van der Waals surface area contributed by atoms with Gasteiger partial charge in [-0.15, -0.1) is 0 Å². The predicted octanol–water partition coefficient (Wildman–Crippen LogP) is -13.8. The van der Waals surface area contributed by atoms with Crippen molar-refractivity contribution in [3.05, 3.63) is 101 Å². The maximum atomic E-state index is 12.9. The first-order valence-electron chi connectivity index (χ1n) is 12.3. The number of carboxylic acids is 2. The second kappa shape index (κ2) is 21.9. The number of carbonyl (C=O) groups excluding carboxylic acids is 3. The summed E-state index contributed by atoms with van der Waals surface area (Å²) < 4.78 is 68.0. The van der Waals surface area contributed by atoms with Crippen LogP contribution < -0.4 is 221 Å². The van der Waals surface area contributed by atoms with E-state index >= 15 is 0 Å². The minimum absolute atomic E-state index is 0. The number of benzene rings is 2. The van der Waals surface area contributed by atoms with E-state index in [1.54, 1.807) is 0 Å². The molecule has 2 aromatic carbocycles. The van der Waals surface area contributed by atoms with Crippen LogP contribution in [0.4, 0.5) is 0 Å². The van der Waals surface area contributed by atoms with E-state index in [0.29, 0.717) is 9.69 Å². The van der Waals surface area contributed by atoms with E-state index in [2.05, 4.69) is 10.2 Å². The number of aromatic nitrogens is 2. The van der Waals surface area contributed by atoms with Crippen LogP contribution in [-0.2, 0) is 42.9 Å². The van der Waals surface area contributed by atoms with Crippen LogP contribution in [0.1, 0.15) is 27.2 Å². The standard InChI is InChI=1S/C27H22N4O12S2.4K/c32-24-18(22(26(34)35)28-30(24)14-16-8-4-6-12-20(16)44(38,39)40)10-2-1-3-11-19-23(27(36)37)29-31(25(19)33)15-17-9-5-7-13-21(17)45(41,42)43;;;;/h1-13,32H,14-15H2,(H,34,35)(H,36,37)(H,38,39,40)(H,41,42,43);;;;/q;4*+1/p-4/b3-1+,10-2+,19-11-;;;;. The summed E-state index contributed by atoms with van der Waals surface area (Å²) in [5.41, 5.74) is -2.65. The van der Waals surface area contributed by atoms with E-state index in [4.69, 9.17) is 0 Å². The van der Waals surface area contributed by atoms with E-state index in [-0.39, 0.29) is 217 Å². The number of hydrazone groups is 1. The molecule has 0 radical (unpaired) electrons. The minimum atomic E-state index is -4.92. The molecule has 3 aromatic rings. The molecule has 0 spiro atoms. The first-order valence-corrected chi connectivity index (χ1v) is 15.2. The number of carboxylic acid groups (broad SMARTS) is 2. The Morgan fingerprint density at radius 3 is 1.90 bits per heavy atom. The van der Waals surface area contributed by atoms with Crippen molar-refractivity contribution in [1.82, 2.24) is 14.8 Å². The first kappa shape index (κ1) is 50.1. The molecule has 1 aromatic heterocycles. The predicted molar refractivity (Wildman–Crippen MR) is 145 cm³/mol. The minimum Gasteiger partial charge on any atom is -0.858 e. The quantitative estimate of drug-likeness (QED) is 0.0817. The molecule has 0 fully saturated rings. The largest absolute Gasteiger partial charge is 1.00 e. The van der Waals surface area contributed by atoms with Gasteiger partial charge >= 0.3 is 206 Å². The van der Waals surface area contributed by atoms with Crippen LogP contribution in [0.5, 0.6) is 5.88 Å². The molecule has 1 N–H and O–H groups in total. The number of aliphatic carboxylic acids is 1. The number of allylic oxidation sites excluding steroid dienone is 4. The maximum absolute atomic E-state index is 12.9. The van der Waals surface area contributed by atoms with Gasteiger partial charge in [-0.3, -0.25) is 14.0 Å². The molecule has 1 aliphatic heterocycles. The van der Waals surface area contributed by atoms with Gasteiger partial charge in [0.1, 0.15) is 21.5 Å². The molecule has 0 unspecified atom stereocenters. The van der Waals surface area contributed by atoms with Crippen LogP contribution in [0.3, 0.4) is 0 Å². The Kier molecular flexibility index (Phi) is 22.4. The monoisotopic (exact) mass is 810 g/mol. The third-order valence-corrected chi connectivity index (χ3v) is 8.04. The van der Waals surface area contributed by atoms with Gasteiger partial charge in [0, 0.05) is 5.56 Å². The number of amides is 1. The van der Waals surface area contributed by atoms with E-state index in [1.165, 1.54) is 42.5 Å². The average molecular weight is 811 g/mol. The van der Waals surface area contributed by atoms with Crippen LogP contribution >= 0.6 is 0 Å². The van der Waals surface area contributed by atoms with Gasteiger partial charge in [-0.25, -0.2) is 13.4 Å². The molecule has 16 nitrogen and oxygen atoms in total. The van der Waals surface area contributed by atoms with Gasteiger partial charge in [-0.1, -0.05) is 60.7 Å². The Morgan fingerprint density at radius 1 is 0.816 bits per heavy atom. The van der Waals surface area contributed by atoms with Gasteiger partial charge in [-0.05, 0) is 35.2 Å². The number of carbonyl (C=O) groups is 3. The Balaban J connectivity index is 0.00000576. The fourth-order valence-corrected chi connectivity index (χ4v) is 5.61. The molecular weight excluding hydrogens is 793 g/mol. The van der Waals surface area contributed by atoms with Crippen molar-refractivity contribution >= 4 is 49.9 Å². The molecule has 49 heavy (non-hydrogen) atoms. The van der Waals surface area contributed by atoms with Crippen molar-refractivity contribution < 1.29 is 261 Å². The van der Waals surface area contributed by atoms with Gasteiger partial charge in [0.25, 0.3) is 16.0 Å². The third kappa shape index (κ3) is 13.1. The summed E-state index contributed by atoms with van der Waals surface area (Å²) >= 11 is 0. The van der Waals surface area contributed by atoms with Crippen LogP contribution in [-0.4, -0.2) is 64.3 Å². The van der Waals surface area contributed by atoms with Gasteiger partial charge in [0.15, 0.2) is 0 Å². The third-order valence-electron chi connectivity index (χ3n) is 6.15. The van der Waals surface area contributed by atoms with E-state index in [0.717, 1.165) is 36.4 Å². The molecule has 1 amide bonds. The smallest absolute Gasteiger partial charge is 0.858 e. The summed E-state index contributed by atoms with van der Waals surface area (Å²) in [4.78, 5) is 35.0. The summed E-state index contributed by atoms with van der Waals surface area (Å²) in [5.74, 6) is -5.56. The molecule has 234 valence electrons. The summed E-state index contributed by atoms with van der Waals surface area (Å²) in [5, 5.41) is 44.1. The zero-order valence-electron chi connectivity index (χ0n) is 26.5. The van der Waals surface area contributed by atoms with Gasteiger partial charge in [0.2, 0.25) is 0 Å². The van der Waals surface area contributed by atoms with Crippen LogP contribution in [0, 0.1) is 0 Å². The summed E-state index contributed by atoms with van der Waals surface area (Å²) in [6.07, 6.45) is 5.54. The Morgan fingerprint density at radius 2 is 1.37 bits per heavy atom. The molecule has 2 heterocycles. The number of nitrogens with zero attached hydrogens (tertiary/aromatic N) is 4. The number of aromatic carboxylic acids is 1. The van der Waals surface area contributed by atoms with Crippen molar-refractivity contribution in [3.8, 4) is 5.88 Å². The molecule has 22 heteroatoms. The van der Waals surface area contributed by atoms with Crippen LogP contribution in [0.15, 0.2) is 93.3 Å². The molecule has 0 bridgehead atoms. The summed E-state index contributed by atoms with van der Waals surface area (Å²) in [6, 6.07) is 10.1. The molecule has 0 saturated carbocycles.